The molecule has 0 radical (unpaired) electrons. The van der Waals surface area contributed by atoms with Gasteiger partial charge in [-0.15, -0.1) is 11.3 Å². The minimum absolute atomic E-state index is 0.0904. The summed E-state index contributed by atoms with van der Waals surface area (Å²) in [6.45, 7) is 2.27. The molecule has 7 nitrogen and oxygen atoms in total. The number of nitrogens with one attached hydrogen (secondary N) is 1. The van der Waals surface area contributed by atoms with Crippen LogP contribution in [0.5, 0.6) is 5.75 Å². The number of amides is 2. The Kier molecular flexibility index (Phi) is 6.29. The summed E-state index contributed by atoms with van der Waals surface area (Å²) in [6.07, 6.45) is 1.90. The number of carbonyl (C=O) groups excluding carboxylic acids is 2. The van der Waals surface area contributed by atoms with E-state index in [9.17, 15) is 9.59 Å². The first-order valence-corrected chi connectivity index (χ1v) is 12.1. The fourth-order valence-corrected chi connectivity index (χ4v) is 4.95. The minimum atomic E-state index is -0.452. The lowest BCUT2D eigenvalue weighted by atomic mass is 10.1. The van der Waals surface area contributed by atoms with E-state index in [4.69, 9.17) is 9.72 Å². The van der Waals surface area contributed by atoms with E-state index in [0.717, 1.165) is 27.5 Å². The van der Waals surface area contributed by atoms with Crippen LogP contribution >= 0.6 is 11.3 Å². The van der Waals surface area contributed by atoms with Crippen LogP contribution in [0.15, 0.2) is 72.2 Å². The van der Waals surface area contributed by atoms with E-state index in [1.165, 1.54) is 11.3 Å². The number of aromatic nitrogens is 2. The Morgan fingerprint density at radius 1 is 1.11 bits per heavy atom. The first kappa shape index (κ1) is 22.7. The van der Waals surface area contributed by atoms with Crippen LogP contribution in [0, 0.1) is 12.8 Å². The van der Waals surface area contributed by atoms with E-state index in [-0.39, 0.29) is 18.2 Å². The maximum absolute atomic E-state index is 13.1. The van der Waals surface area contributed by atoms with Crippen molar-refractivity contribution in [3.05, 3.63) is 77.8 Å². The Morgan fingerprint density at radius 3 is 2.80 bits per heavy atom. The second-order valence-corrected chi connectivity index (χ2v) is 9.26. The number of benzene rings is 2. The second kappa shape index (κ2) is 9.68. The van der Waals surface area contributed by atoms with Gasteiger partial charge in [-0.2, -0.15) is 0 Å². The van der Waals surface area contributed by atoms with Gasteiger partial charge in [0.15, 0.2) is 0 Å². The summed E-state index contributed by atoms with van der Waals surface area (Å²) in [7, 11) is 1.58. The highest BCUT2D eigenvalue weighted by Gasteiger charge is 2.36. The van der Waals surface area contributed by atoms with Gasteiger partial charge < -0.3 is 15.0 Å². The predicted molar refractivity (Wildman–Crippen MR) is 138 cm³/mol. The fourth-order valence-electron chi connectivity index (χ4n) is 4.14. The number of anilines is 2. The van der Waals surface area contributed by atoms with Gasteiger partial charge in [0, 0.05) is 35.8 Å². The van der Waals surface area contributed by atoms with Crippen LogP contribution in [-0.4, -0.2) is 35.4 Å². The highest BCUT2D eigenvalue weighted by molar-refractivity contribution is 7.13. The molecule has 2 aromatic carbocycles. The summed E-state index contributed by atoms with van der Waals surface area (Å²) >= 11 is 1.53. The third-order valence-electron chi connectivity index (χ3n) is 5.94. The third-order valence-corrected chi connectivity index (χ3v) is 6.80. The summed E-state index contributed by atoms with van der Waals surface area (Å²) < 4.78 is 5.43. The van der Waals surface area contributed by atoms with Crippen LogP contribution in [0.1, 0.15) is 12.0 Å². The molecule has 3 heterocycles. The molecule has 4 aromatic rings. The topological polar surface area (TPSA) is 84.4 Å². The number of thiazole rings is 1. The van der Waals surface area contributed by atoms with Gasteiger partial charge in [0.25, 0.3) is 0 Å². The molecule has 1 N–H and O–H groups in total. The van der Waals surface area contributed by atoms with Crippen LogP contribution in [0.4, 0.5) is 11.4 Å². The second-order valence-electron chi connectivity index (χ2n) is 8.40. The Balaban J connectivity index is 1.30. The molecule has 1 aliphatic rings. The molecule has 1 fully saturated rings. The normalized spacial score (nSPS) is 15.3. The fraction of sp³-hybridized carbons (Fsp3) is 0.185. The van der Waals surface area contributed by atoms with Crippen LogP contribution in [0.2, 0.25) is 0 Å². The molecular formula is C27H24N4O3S. The highest BCUT2D eigenvalue weighted by atomic mass is 32.1. The van der Waals surface area contributed by atoms with Crippen molar-refractivity contribution in [2.24, 2.45) is 5.92 Å². The molecular weight excluding hydrogens is 460 g/mol. The van der Waals surface area contributed by atoms with Gasteiger partial charge in [-0.25, -0.2) is 4.98 Å². The standard InChI is InChI=1S/C27H24N4O3S/c1-17-9-10-24(34-2)23(12-17)31-15-19(14-25(31)32)26(33)29-20-7-5-6-18(13-20)22-16-35-27(30-22)21-8-3-4-11-28-21/h3-13,16,19H,14-15H2,1-2H3,(H,29,33). The number of ether oxygens (including phenoxy) is 1. The largest absolute Gasteiger partial charge is 0.495 e. The third kappa shape index (κ3) is 4.79. The average molecular weight is 485 g/mol. The zero-order valence-corrected chi connectivity index (χ0v) is 20.2. The maximum atomic E-state index is 13.1. The molecule has 5 rings (SSSR count). The molecule has 0 saturated carbocycles. The first-order chi connectivity index (χ1) is 17.0. The number of carbonyl (C=O) groups is 2. The average Bonchev–Trinajstić information content (AvgIpc) is 3.52. The van der Waals surface area contributed by atoms with Crippen molar-refractivity contribution in [2.75, 3.05) is 23.9 Å². The zero-order chi connectivity index (χ0) is 24.4. The number of nitrogens with zero attached hydrogens (tertiary/aromatic N) is 3. The summed E-state index contributed by atoms with van der Waals surface area (Å²) in [5, 5.41) is 5.80. The van der Waals surface area contributed by atoms with Gasteiger partial charge in [-0.05, 0) is 48.9 Å². The molecule has 176 valence electrons. The Bertz CT molecular complexity index is 1390. The molecule has 1 aliphatic heterocycles. The van der Waals surface area contributed by atoms with Gasteiger partial charge in [-0.1, -0.05) is 24.3 Å². The number of hydrogen-bond acceptors (Lipinski definition) is 6. The van der Waals surface area contributed by atoms with Crippen molar-refractivity contribution in [1.29, 1.82) is 0 Å². The Hall–Kier alpha value is -4.04. The highest BCUT2D eigenvalue weighted by Crippen LogP contribution is 2.34. The molecule has 2 amide bonds. The SMILES string of the molecule is COc1ccc(C)cc1N1CC(C(=O)Nc2cccc(-c3csc(-c4ccccn4)n3)c2)CC1=O. The van der Waals surface area contributed by atoms with E-state index >= 15 is 0 Å². The van der Waals surface area contributed by atoms with Crippen molar-refractivity contribution < 1.29 is 14.3 Å². The molecule has 1 unspecified atom stereocenters. The molecule has 1 atom stereocenters. The molecule has 0 spiro atoms. The van der Waals surface area contributed by atoms with Gasteiger partial charge in [0.1, 0.15) is 10.8 Å². The summed E-state index contributed by atoms with van der Waals surface area (Å²) in [5.41, 5.74) is 4.93. The lowest BCUT2D eigenvalue weighted by molar-refractivity contribution is -0.122. The molecule has 35 heavy (non-hydrogen) atoms. The lowest BCUT2D eigenvalue weighted by Crippen LogP contribution is -2.28. The van der Waals surface area contributed by atoms with Gasteiger partial charge in [-0.3, -0.25) is 14.6 Å². The van der Waals surface area contributed by atoms with Crippen LogP contribution < -0.4 is 15.0 Å². The van der Waals surface area contributed by atoms with E-state index < -0.39 is 5.92 Å². The minimum Gasteiger partial charge on any atom is -0.495 e. The van der Waals surface area contributed by atoms with Crippen LogP contribution in [-0.2, 0) is 9.59 Å². The number of methoxy groups -OCH3 is 1. The van der Waals surface area contributed by atoms with Gasteiger partial charge >= 0.3 is 0 Å². The van der Waals surface area contributed by atoms with E-state index in [1.54, 1.807) is 18.2 Å². The summed E-state index contributed by atoms with van der Waals surface area (Å²) in [5.74, 6) is -0.109. The van der Waals surface area contributed by atoms with Gasteiger partial charge in [0.2, 0.25) is 11.8 Å². The zero-order valence-electron chi connectivity index (χ0n) is 19.4. The first-order valence-electron chi connectivity index (χ1n) is 11.2. The Morgan fingerprint density at radius 2 is 2.00 bits per heavy atom. The molecule has 1 saturated heterocycles. The molecule has 2 aromatic heterocycles. The van der Waals surface area contributed by atoms with E-state index in [1.807, 2.05) is 73.0 Å². The van der Waals surface area contributed by atoms with Gasteiger partial charge in [0.05, 0.1) is 30.1 Å². The van der Waals surface area contributed by atoms with Crippen molar-refractivity contribution in [2.45, 2.75) is 13.3 Å². The Labute approximate surface area is 207 Å². The molecule has 0 aliphatic carbocycles. The monoisotopic (exact) mass is 484 g/mol. The van der Waals surface area contributed by atoms with Crippen LogP contribution in [0.25, 0.3) is 22.0 Å². The number of rotatable bonds is 6. The molecule has 0 bridgehead atoms. The maximum Gasteiger partial charge on any atom is 0.229 e. The van der Waals surface area contributed by atoms with Crippen molar-refractivity contribution in [1.82, 2.24) is 9.97 Å². The van der Waals surface area contributed by atoms with Crippen molar-refractivity contribution in [3.8, 4) is 27.7 Å². The number of hydrogen-bond donors (Lipinski definition) is 1. The molecule has 8 heteroatoms. The number of pyridine rings is 1. The van der Waals surface area contributed by atoms with Crippen molar-refractivity contribution in [3.63, 3.8) is 0 Å². The lowest BCUT2D eigenvalue weighted by Gasteiger charge is -2.20. The summed E-state index contributed by atoms with van der Waals surface area (Å²) in [4.78, 5) is 36.5. The van der Waals surface area contributed by atoms with E-state index in [0.29, 0.717) is 23.7 Å². The predicted octanol–water partition coefficient (Wildman–Crippen LogP) is 5.18. The summed E-state index contributed by atoms with van der Waals surface area (Å²) in [6, 6.07) is 19.0. The van der Waals surface area contributed by atoms with Crippen LogP contribution in [0.3, 0.4) is 0 Å². The smallest absolute Gasteiger partial charge is 0.229 e. The van der Waals surface area contributed by atoms with E-state index in [2.05, 4.69) is 10.3 Å². The quantitative estimate of drug-likeness (QED) is 0.408. The number of aryl methyl sites for hydroxylation is 1. The van der Waals surface area contributed by atoms with Crippen molar-refractivity contribution >= 4 is 34.5 Å².